The monoisotopic (exact) mass is 296 g/mol. The van der Waals surface area contributed by atoms with Gasteiger partial charge in [-0.3, -0.25) is 4.79 Å². The first kappa shape index (κ1) is 14.7. The van der Waals surface area contributed by atoms with Crippen molar-refractivity contribution in [1.82, 2.24) is 0 Å². The van der Waals surface area contributed by atoms with E-state index in [1.807, 2.05) is 0 Å². The maximum atomic E-state index is 13.3. The molecule has 0 spiro atoms. The summed E-state index contributed by atoms with van der Waals surface area (Å²) in [6, 6.07) is 10.2. The second-order valence-corrected chi connectivity index (χ2v) is 5.21. The smallest absolute Gasteiger partial charge is 0.288 e. The van der Waals surface area contributed by atoms with Gasteiger partial charge in [0.05, 0.1) is 0 Å². The minimum absolute atomic E-state index is 0.175. The Labute approximate surface area is 118 Å². The summed E-state index contributed by atoms with van der Waals surface area (Å²) in [5.74, 6) is -3.11. The van der Waals surface area contributed by atoms with E-state index < -0.39 is 11.6 Å². The molecule has 0 aromatic heterocycles. The number of halogens is 3. The molecular weight excluding hydrogens is 285 g/mol. The lowest BCUT2D eigenvalue weighted by atomic mass is 9.97. The number of hydrogen-bond donors (Lipinski definition) is 0. The number of rotatable bonds is 4. The Morgan fingerprint density at radius 2 is 1.75 bits per heavy atom. The first-order valence-electron chi connectivity index (χ1n) is 5.83. The van der Waals surface area contributed by atoms with Crippen molar-refractivity contribution in [3.05, 3.63) is 53.8 Å². The molecule has 1 nitrogen and oxygen atoms in total. The fourth-order valence-corrected chi connectivity index (χ4v) is 2.38. The van der Waals surface area contributed by atoms with Crippen LogP contribution >= 0.6 is 11.8 Å². The number of ketones is 1. The summed E-state index contributed by atoms with van der Waals surface area (Å²) in [6.45, 7) is 1.40. The highest BCUT2D eigenvalue weighted by Gasteiger charge is 2.11. The van der Waals surface area contributed by atoms with Gasteiger partial charge in [-0.1, -0.05) is 23.9 Å². The maximum absolute atomic E-state index is 13.3. The van der Waals surface area contributed by atoms with Crippen molar-refractivity contribution < 1.29 is 18.0 Å². The van der Waals surface area contributed by atoms with Crippen LogP contribution in [0.15, 0.2) is 47.4 Å². The fourth-order valence-electron chi connectivity index (χ4n) is 1.88. The summed E-state index contributed by atoms with van der Waals surface area (Å²) < 4.78 is 37.8. The van der Waals surface area contributed by atoms with Crippen LogP contribution in [0.1, 0.15) is 17.3 Å². The number of thioether (sulfide) groups is 1. The van der Waals surface area contributed by atoms with E-state index in [9.17, 15) is 18.0 Å². The van der Waals surface area contributed by atoms with E-state index in [0.29, 0.717) is 33.3 Å². The highest BCUT2D eigenvalue weighted by molar-refractivity contribution is 7.99. The van der Waals surface area contributed by atoms with Gasteiger partial charge < -0.3 is 0 Å². The number of alkyl halides is 2. The van der Waals surface area contributed by atoms with Crippen LogP contribution in [0.4, 0.5) is 13.2 Å². The molecule has 0 aliphatic rings. The van der Waals surface area contributed by atoms with Gasteiger partial charge in [-0.25, -0.2) is 4.39 Å². The first-order chi connectivity index (χ1) is 9.47. The van der Waals surface area contributed by atoms with Gasteiger partial charge in [0.25, 0.3) is 5.76 Å². The SMILES string of the molecule is CC(=O)c1ccc(F)cc1-c1ccc(SC(F)F)cc1. The third-order valence-electron chi connectivity index (χ3n) is 2.75. The van der Waals surface area contributed by atoms with Gasteiger partial charge in [0, 0.05) is 10.5 Å². The molecule has 0 heterocycles. The molecular formula is C15H11F3OS. The summed E-state index contributed by atoms with van der Waals surface area (Å²) in [5, 5.41) is 0. The molecule has 0 aliphatic heterocycles. The summed E-state index contributed by atoms with van der Waals surface area (Å²) in [5.41, 5.74) is 1.49. The Balaban J connectivity index is 2.41. The number of benzene rings is 2. The molecule has 5 heteroatoms. The van der Waals surface area contributed by atoms with Crippen molar-refractivity contribution in [2.75, 3.05) is 0 Å². The lowest BCUT2D eigenvalue weighted by molar-refractivity contribution is 0.101. The second-order valence-electron chi connectivity index (χ2n) is 4.15. The molecule has 0 N–H and O–H groups in total. The predicted molar refractivity (Wildman–Crippen MR) is 73.7 cm³/mol. The van der Waals surface area contributed by atoms with Gasteiger partial charge >= 0.3 is 0 Å². The zero-order valence-electron chi connectivity index (χ0n) is 10.6. The van der Waals surface area contributed by atoms with Crippen LogP contribution in [0, 0.1) is 5.82 Å². The Bertz CT molecular complexity index is 624. The summed E-state index contributed by atoms with van der Waals surface area (Å²) >= 11 is 0.442. The molecule has 0 atom stereocenters. The average Bonchev–Trinajstić information content (AvgIpc) is 2.38. The lowest BCUT2D eigenvalue weighted by Gasteiger charge is -2.08. The zero-order chi connectivity index (χ0) is 14.7. The van der Waals surface area contributed by atoms with E-state index in [1.54, 1.807) is 12.1 Å². The largest absolute Gasteiger partial charge is 0.294 e. The molecule has 0 saturated carbocycles. The number of Topliss-reactive ketones (excluding diaryl/α,β-unsaturated/α-hetero) is 1. The molecule has 104 valence electrons. The Morgan fingerprint density at radius 3 is 2.30 bits per heavy atom. The van der Waals surface area contributed by atoms with E-state index in [1.165, 1.54) is 37.3 Å². The normalized spacial score (nSPS) is 10.8. The molecule has 2 aromatic rings. The van der Waals surface area contributed by atoms with Crippen LogP contribution in [0.2, 0.25) is 0 Å². The molecule has 0 amide bonds. The molecule has 0 radical (unpaired) electrons. The number of carbonyl (C=O) groups excluding carboxylic acids is 1. The van der Waals surface area contributed by atoms with Crippen molar-refractivity contribution in [2.45, 2.75) is 17.6 Å². The van der Waals surface area contributed by atoms with Crippen LogP contribution in [0.3, 0.4) is 0 Å². The van der Waals surface area contributed by atoms with E-state index >= 15 is 0 Å². The van der Waals surface area contributed by atoms with Crippen LogP contribution in [0.5, 0.6) is 0 Å². The standard InChI is InChI=1S/C15H11F3OS/c1-9(19)13-7-4-11(16)8-14(13)10-2-5-12(6-3-10)20-15(17)18/h2-8,15H,1H3. The van der Waals surface area contributed by atoms with Gasteiger partial charge in [0.15, 0.2) is 5.78 Å². The Kier molecular flexibility index (Phi) is 4.49. The average molecular weight is 296 g/mol. The van der Waals surface area contributed by atoms with E-state index in [2.05, 4.69) is 0 Å². The van der Waals surface area contributed by atoms with E-state index in [-0.39, 0.29) is 5.78 Å². The minimum Gasteiger partial charge on any atom is -0.294 e. The molecule has 2 rings (SSSR count). The van der Waals surface area contributed by atoms with Crippen LogP contribution in [0.25, 0.3) is 11.1 Å². The fraction of sp³-hybridized carbons (Fsp3) is 0.133. The lowest BCUT2D eigenvalue weighted by Crippen LogP contribution is -1.97. The van der Waals surface area contributed by atoms with Crippen LogP contribution in [-0.2, 0) is 0 Å². The highest BCUT2D eigenvalue weighted by Crippen LogP contribution is 2.30. The maximum Gasteiger partial charge on any atom is 0.288 e. The summed E-state index contributed by atoms with van der Waals surface area (Å²) in [6.07, 6.45) is 0. The molecule has 0 fully saturated rings. The van der Waals surface area contributed by atoms with Gasteiger partial charge in [-0.05, 0) is 48.4 Å². The topological polar surface area (TPSA) is 17.1 Å². The van der Waals surface area contributed by atoms with Gasteiger partial charge in [-0.2, -0.15) is 8.78 Å². The van der Waals surface area contributed by atoms with E-state index in [0.717, 1.165) is 0 Å². The second kappa shape index (κ2) is 6.13. The van der Waals surface area contributed by atoms with Gasteiger partial charge in [-0.15, -0.1) is 0 Å². The molecule has 20 heavy (non-hydrogen) atoms. The van der Waals surface area contributed by atoms with Crippen LogP contribution in [-0.4, -0.2) is 11.5 Å². The van der Waals surface area contributed by atoms with Crippen molar-refractivity contribution >= 4 is 17.5 Å². The first-order valence-corrected chi connectivity index (χ1v) is 6.71. The predicted octanol–water partition coefficient (Wildman–Crippen LogP) is 5.01. The van der Waals surface area contributed by atoms with Crippen molar-refractivity contribution in [2.24, 2.45) is 0 Å². The highest BCUT2D eigenvalue weighted by atomic mass is 32.2. The molecule has 2 aromatic carbocycles. The van der Waals surface area contributed by atoms with E-state index in [4.69, 9.17) is 0 Å². The Morgan fingerprint density at radius 1 is 1.10 bits per heavy atom. The van der Waals surface area contributed by atoms with Gasteiger partial charge in [0.2, 0.25) is 0 Å². The number of carbonyl (C=O) groups is 1. The number of hydrogen-bond acceptors (Lipinski definition) is 2. The summed E-state index contributed by atoms with van der Waals surface area (Å²) in [7, 11) is 0. The minimum atomic E-state index is -2.48. The molecule has 0 unspecified atom stereocenters. The quantitative estimate of drug-likeness (QED) is 0.582. The van der Waals surface area contributed by atoms with Crippen molar-refractivity contribution in [3.8, 4) is 11.1 Å². The third-order valence-corrected chi connectivity index (χ3v) is 3.47. The molecule has 0 aliphatic carbocycles. The molecule has 0 saturated heterocycles. The Hall–Kier alpha value is -1.75. The van der Waals surface area contributed by atoms with Crippen molar-refractivity contribution in [1.29, 1.82) is 0 Å². The third kappa shape index (κ3) is 3.42. The van der Waals surface area contributed by atoms with Crippen LogP contribution < -0.4 is 0 Å². The summed E-state index contributed by atoms with van der Waals surface area (Å²) in [4.78, 5) is 12.0. The van der Waals surface area contributed by atoms with Crippen molar-refractivity contribution in [3.63, 3.8) is 0 Å². The zero-order valence-corrected chi connectivity index (χ0v) is 11.4. The van der Waals surface area contributed by atoms with Gasteiger partial charge in [0.1, 0.15) is 5.82 Å². The molecule has 0 bridgehead atoms.